The van der Waals surface area contributed by atoms with Crippen LogP contribution in [0.15, 0.2) is 54.9 Å². The zero-order valence-corrected chi connectivity index (χ0v) is 21.0. The number of hydrogen-bond acceptors (Lipinski definition) is 7. The van der Waals surface area contributed by atoms with Gasteiger partial charge in [-0.2, -0.15) is 0 Å². The monoisotopic (exact) mass is 526 g/mol. The fraction of sp³-hybridized carbons (Fsp3) is 0.231. The molecule has 0 spiro atoms. The van der Waals surface area contributed by atoms with E-state index in [1.54, 1.807) is 36.2 Å². The Labute approximate surface area is 216 Å². The Morgan fingerprint density at radius 2 is 2.05 bits per heavy atom. The van der Waals surface area contributed by atoms with Gasteiger partial charge in [0.15, 0.2) is 23.5 Å². The molecule has 9 nitrogen and oxygen atoms in total. The molecule has 0 fully saturated rings. The lowest BCUT2D eigenvalue weighted by Gasteiger charge is -2.47. The maximum Gasteiger partial charge on any atom is 0.252 e. The van der Waals surface area contributed by atoms with E-state index >= 15 is 0 Å². The highest BCUT2D eigenvalue weighted by Gasteiger charge is 2.48. The normalized spacial score (nSPS) is 17.9. The van der Waals surface area contributed by atoms with E-state index in [0.717, 1.165) is 0 Å². The summed E-state index contributed by atoms with van der Waals surface area (Å²) >= 11 is 6.62. The first kappa shape index (κ1) is 24.8. The molecule has 11 heteroatoms. The summed E-state index contributed by atoms with van der Waals surface area (Å²) in [5, 5.41) is 15.5. The van der Waals surface area contributed by atoms with E-state index < -0.39 is 17.6 Å². The second-order valence-electron chi connectivity index (χ2n) is 8.72. The molecule has 4 aromatic rings. The van der Waals surface area contributed by atoms with Gasteiger partial charge in [0.1, 0.15) is 16.9 Å². The lowest BCUT2D eigenvalue weighted by atomic mass is 9.92. The number of halogens is 2. The molecular weight excluding hydrogens is 503 g/mol. The molecule has 2 aromatic heterocycles. The van der Waals surface area contributed by atoms with Crippen molar-refractivity contribution in [1.29, 1.82) is 0 Å². The second-order valence-corrected chi connectivity index (χ2v) is 9.13. The highest BCUT2D eigenvalue weighted by molar-refractivity contribution is 6.31. The van der Waals surface area contributed by atoms with Crippen LogP contribution < -0.4 is 19.7 Å². The maximum atomic E-state index is 14.1. The molecule has 1 amide bonds. The molecule has 5 rings (SSSR count). The average Bonchev–Trinajstić information content (AvgIpc) is 3.34. The number of para-hydroxylation sites is 1. The molecule has 2 aromatic carbocycles. The lowest BCUT2D eigenvalue weighted by molar-refractivity contribution is -0.124. The van der Waals surface area contributed by atoms with E-state index in [2.05, 4.69) is 15.3 Å². The number of amides is 1. The van der Waals surface area contributed by atoms with Crippen LogP contribution in [0.2, 0.25) is 5.02 Å². The van der Waals surface area contributed by atoms with Gasteiger partial charge in [-0.25, -0.2) is 9.37 Å². The number of hydrogen-bond donors (Lipinski definition) is 3. The number of H-pyrrole nitrogens is 1. The van der Waals surface area contributed by atoms with Crippen LogP contribution in [0.5, 0.6) is 17.2 Å². The number of aromatic nitrogens is 2. The fourth-order valence-corrected chi connectivity index (χ4v) is 4.85. The third-order valence-corrected chi connectivity index (χ3v) is 6.68. The Morgan fingerprint density at radius 3 is 2.78 bits per heavy atom. The number of aliphatic hydroxyl groups is 1. The highest BCUT2D eigenvalue weighted by Crippen LogP contribution is 2.46. The molecular formula is C26H24ClFN4O5. The van der Waals surface area contributed by atoms with Crippen LogP contribution in [0.3, 0.4) is 0 Å². The Morgan fingerprint density at radius 1 is 1.24 bits per heavy atom. The number of anilines is 2. The van der Waals surface area contributed by atoms with Gasteiger partial charge < -0.3 is 34.5 Å². The number of methoxy groups -OCH3 is 2. The van der Waals surface area contributed by atoms with Gasteiger partial charge in [-0.15, -0.1) is 0 Å². The van der Waals surface area contributed by atoms with E-state index in [4.69, 9.17) is 25.8 Å². The summed E-state index contributed by atoms with van der Waals surface area (Å²) in [7, 11) is 2.83. The number of aromatic amines is 1. The van der Waals surface area contributed by atoms with Crippen molar-refractivity contribution in [2.45, 2.75) is 18.7 Å². The van der Waals surface area contributed by atoms with Crippen molar-refractivity contribution < 1.29 is 28.5 Å². The first-order chi connectivity index (χ1) is 17.8. The number of carbonyl (C=O) groups excluding carboxylic acids is 1. The van der Waals surface area contributed by atoms with Crippen LogP contribution in [0.4, 0.5) is 15.8 Å². The molecule has 0 saturated carbocycles. The molecule has 2 unspecified atom stereocenters. The van der Waals surface area contributed by atoms with Crippen molar-refractivity contribution in [3.8, 4) is 17.2 Å². The molecule has 0 aliphatic carbocycles. The van der Waals surface area contributed by atoms with Gasteiger partial charge in [-0.1, -0.05) is 17.7 Å². The number of pyridine rings is 1. The summed E-state index contributed by atoms with van der Waals surface area (Å²) in [6.07, 6.45) is 1.91. The van der Waals surface area contributed by atoms with E-state index in [1.165, 1.54) is 38.6 Å². The minimum absolute atomic E-state index is 0.0122. The van der Waals surface area contributed by atoms with Crippen LogP contribution in [-0.2, 0) is 9.53 Å². The SMILES string of the molecule is COCC1(C)C(=O)Nc2cnc3[nH]ccc3c2N1C(O)c1ccc(Oc2cccc(F)c2OC)cc1Cl. The summed E-state index contributed by atoms with van der Waals surface area (Å²) in [6, 6.07) is 10.8. The predicted octanol–water partition coefficient (Wildman–Crippen LogP) is 5.01. The molecule has 37 heavy (non-hydrogen) atoms. The summed E-state index contributed by atoms with van der Waals surface area (Å²) < 4.78 is 30.4. The number of benzene rings is 2. The van der Waals surface area contributed by atoms with E-state index in [1.807, 2.05) is 6.07 Å². The van der Waals surface area contributed by atoms with Gasteiger partial charge in [-0.05, 0) is 43.3 Å². The van der Waals surface area contributed by atoms with Gasteiger partial charge in [-0.3, -0.25) is 4.79 Å². The van der Waals surface area contributed by atoms with E-state index in [-0.39, 0.29) is 29.0 Å². The summed E-state index contributed by atoms with van der Waals surface area (Å²) in [6.45, 7) is 1.67. The van der Waals surface area contributed by atoms with Crippen molar-refractivity contribution in [2.24, 2.45) is 0 Å². The lowest BCUT2D eigenvalue weighted by Crippen LogP contribution is -2.61. The van der Waals surface area contributed by atoms with Gasteiger partial charge in [0.25, 0.3) is 5.91 Å². The van der Waals surface area contributed by atoms with Crippen molar-refractivity contribution in [3.63, 3.8) is 0 Å². The second kappa shape index (κ2) is 9.55. The number of nitrogens with one attached hydrogen (secondary N) is 2. The van der Waals surface area contributed by atoms with Crippen molar-refractivity contribution in [1.82, 2.24) is 9.97 Å². The Hall–Kier alpha value is -3.86. The van der Waals surface area contributed by atoms with Crippen LogP contribution in [0, 0.1) is 5.82 Å². The fourth-order valence-electron chi connectivity index (χ4n) is 4.58. The Bertz CT molecular complexity index is 1500. The number of nitrogens with zero attached hydrogens (tertiary/aromatic N) is 2. The molecule has 2 atom stereocenters. The van der Waals surface area contributed by atoms with Crippen LogP contribution in [0.25, 0.3) is 11.0 Å². The summed E-state index contributed by atoms with van der Waals surface area (Å²) in [5.74, 6) is -0.504. The first-order valence-electron chi connectivity index (χ1n) is 11.3. The molecule has 3 N–H and O–H groups in total. The van der Waals surface area contributed by atoms with Gasteiger partial charge in [0, 0.05) is 24.3 Å². The number of rotatable bonds is 7. The topological polar surface area (TPSA) is 109 Å². The third-order valence-electron chi connectivity index (χ3n) is 6.35. The molecule has 0 bridgehead atoms. The predicted molar refractivity (Wildman–Crippen MR) is 137 cm³/mol. The third kappa shape index (κ3) is 4.12. The molecule has 0 saturated heterocycles. The largest absolute Gasteiger partial charge is 0.490 e. The van der Waals surface area contributed by atoms with Gasteiger partial charge in [0.2, 0.25) is 0 Å². The highest BCUT2D eigenvalue weighted by atomic mass is 35.5. The smallest absolute Gasteiger partial charge is 0.252 e. The molecule has 3 heterocycles. The number of aliphatic hydroxyl groups excluding tert-OH is 1. The number of ether oxygens (including phenoxy) is 3. The minimum atomic E-state index is -1.35. The molecule has 1 aliphatic rings. The average molecular weight is 527 g/mol. The molecule has 0 radical (unpaired) electrons. The quantitative estimate of drug-likeness (QED) is 0.310. The molecule has 192 valence electrons. The number of carbonyl (C=O) groups is 1. The van der Waals surface area contributed by atoms with E-state index in [0.29, 0.717) is 33.7 Å². The Kier molecular flexibility index (Phi) is 6.40. The van der Waals surface area contributed by atoms with Crippen LogP contribution in [-0.4, -0.2) is 47.3 Å². The van der Waals surface area contributed by atoms with Gasteiger partial charge >= 0.3 is 0 Å². The first-order valence-corrected chi connectivity index (χ1v) is 11.7. The van der Waals surface area contributed by atoms with E-state index in [9.17, 15) is 14.3 Å². The maximum absolute atomic E-state index is 14.1. The summed E-state index contributed by atoms with van der Waals surface area (Å²) in [4.78, 5) is 22.2. The summed E-state index contributed by atoms with van der Waals surface area (Å²) in [5.41, 5.74) is 0.632. The van der Waals surface area contributed by atoms with Crippen molar-refractivity contribution in [3.05, 3.63) is 71.3 Å². The van der Waals surface area contributed by atoms with Crippen molar-refractivity contribution in [2.75, 3.05) is 31.0 Å². The zero-order chi connectivity index (χ0) is 26.3. The van der Waals surface area contributed by atoms with Crippen molar-refractivity contribution >= 4 is 39.9 Å². The van der Waals surface area contributed by atoms with Crippen LogP contribution in [0.1, 0.15) is 18.7 Å². The molecule has 1 aliphatic heterocycles. The zero-order valence-electron chi connectivity index (χ0n) is 20.2. The van der Waals surface area contributed by atoms with Gasteiger partial charge in [0.05, 0.1) is 36.3 Å². The number of fused-ring (bicyclic) bond motifs is 3. The standard InChI is InChI=1S/C26H24ClFN4O5/c1-26(13-35-2)25(34)31-19-12-30-23-16(9-10-29-23)21(19)32(26)24(33)15-8-7-14(11-17(15)27)37-20-6-4-5-18(28)22(20)36-3/h4-12,24,33H,13H2,1-3H3,(H,29,30)(H,31,34). The Balaban J connectivity index is 1.57. The van der Waals surface area contributed by atoms with Crippen LogP contribution >= 0.6 is 11.6 Å². The minimum Gasteiger partial charge on any atom is -0.490 e.